The molecule has 2 aromatic carbocycles. The van der Waals surface area contributed by atoms with E-state index in [0.717, 1.165) is 0 Å². The molecule has 0 aliphatic heterocycles. The van der Waals surface area contributed by atoms with E-state index in [2.05, 4.69) is 31.4 Å². The van der Waals surface area contributed by atoms with E-state index in [9.17, 15) is 0 Å². The lowest BCUT2D eigenvalue weighted by atomic mass is 10.1. The van der Waals surface area contributed by atoms with Crippen LogP contribution in [-0.4, -0.2) is 0 Å². The molecule has 96 valence electrons. The molecule has 0 aliphatic rings. The molecule has 0 bridgehead atoms. The maximum Gasteiger partial charge on any atom is -0.0254 e. The second-order valence-corrected chi connectivity index (χ2v) is 4.12. The lowest BCUT2D eigenvalue weighted by Crippen LogP contribution is -1.70. The van der Waals surface area contributed by atoms with Crippen molar-refractivity contribution in [3.8, 4) is 0 Å². The summed E-state index contributed by atoms with van der Waals surface area (Å²) in [6.45, 7) is 9.36. The zero-order valence-electron chi connectivity index (χ0n) is 11.4. The molecule has 0 N–H and O–H groups in total. The molecule has 0 saturated heterocycles. The molecular formula is C19H20. The minimum atomic E-state index is 1.17. The normalized spacial score (nSPS) is 10.1. The molecule has 0 heterocycles. The van der Waals surface area contributed by atoms with Crippen molar-refractivity contribution in [1.29, 1.82) is 0 Å². The van der Waals surface area contributed by atoms with Crippen LogP contribution in [0.1, 0.15) is 18.1 Å². The average Bonchev–Trinajstić information content (AvgIpc) is 2.49. The molecule has 0 aliphatic carbocycles. The molecule has 0 atom stereocenters. The van der Waals surface area contributed by atoms with Gasteiger partial charge in [0.2, 0.25) is 0 Å². The van der Waals surface area contributed by atoms with Gasteiger partial charge in [0.25, 0.3) is 0 Å². The summed E-state index contributed by atoms with van der Waals surface area (Å²) in [5, 5.41) is 0. The van der Waals surface area contributed by atoms with E-state index in [1.807, 2.05) is 67.6 Å². The Morgan fingerprint density at radius 1 is 0.789 bits per heavy atom. The summed E-state index contributed by atoms with van der Waals surface area (Å²) >= 11 is 0. The van der Waals surface area contributed by atoms with Crippen LogP contribution in [0.4, 0.5) is 0 Å². The van der Waals surface area contributed by atoms with E-state index in [4.69, 9.17) is 0 Å². The quantitative estimate of drug-likeness (QED) is 0.620. The predicted octanol–water partition coefficient (Wildman–Crippen LogP) is 5.61. The van der Waals surface area contributed by atoms with Gasteiger partial charge in [0.15, 0.2) is 0 Å². The van der Waals surface area contributed by atoms with E-state index in [1.54, 1.807) is 0 Å². The van der Waals surface area contributed by atoms with Crippen molar-refractivity contribution < 1.29 is 0 Å². The molecule has 0 spiro atoms. The monoisotopic (exact) mass is 248 g/mol. The highest BCUT2D eigenvalue weighted by Gasteiger charge is 1.83. The van der Waals surface area contributed by atoms with Crippen LogP contribution in [0.25, 0.3) is 12.2 Å². The predicted molar refractivity (Wildman–Crippen MR) is 86.8 cm³/mol. The first kappa shape index (κ1) is 14.7. The van der Waals surface area contributed by atoms with Crippen LogP contribution >= 0.6 is 0 Å². The lowest BCUT2D eigenvalue weighted by Gasteiger charge is -1.92. The van der Waals surface area contributed by atoms with E-state index in [0.29, 0.717) is 0 Å². The molecule has 0 unspecified atom stereocenters. The Morgan fingerprint density at radius 3 is 1.63 bits per heavy atom. The molecule has 2 aromatic rings. The fraction of sp³-hybridized carbons (Fsp3) is 0.0526. The van der Waals surface area contributed by atoms with Gasteiger partial charge in [-0.05, 0) is 18.1 Å². The van der Waals surface area contributed by atoms with Crippen molar-refractivity contribution in [2.75, 3.05) is 0 Å². The first-order chi connectivity index (χ1) is 9.26. The molecule has 0 heteroatoms. The van der Waals surface area contributed by atoms with Gasteiger partial charge in [0.1, 0.15) is 0 Å². The molecule has 0 saturated carbocycles. The summed E-state index contributed by atoms with van der Waals surface area (Å²) in [5.41, 5.74) is 3.59. The Kier molecular flexibility index (Phi) is 6.75. The van der Waals surface area contributed by atoms with Crippen molar-refractivity contribution in [3.05, 3.63) is 96.6 Å². The van der Waals surface area contributed by atoms with Gasteiger partial charge in [0, 0.05) is 0 Å². The maximum atomic E-state index is 3.69. The average molecular weight is 248 g/mol. The Labute approximate surface area is 116 Å². The Hall–Kier alpha value is -2.34. The summed E-state index contributed by atoms with van der Waals surface area (Å²) in [7, 11) is 0. The first-order valence-electron chi connectivity index (χ1n) is 6.29. The van der Waals surface area contributed by atoms with Crippen LogP contribution in [0, 0.1) is 0 Å². The van der Waals surface area contributed by atoms with E-state index in [1.165, 1.54) is 16.7 Å². The highest BCUT2D eigenvalue weighted by Crippen LogP contribution is 2.05. The Morgan fingerprint density at radius 2 is 1.26 bits per heavy atom. The van der Waals surface area contributed by atoms with Gasteiger partial charge in [-0.3, -0.25) is 0 Å². The summed E-state index contributed by atoms with van der Waals surface area (Å²) in [4.78, 5) is 0. The number of rotatable bonds is 3. The van der Waals surface area contributed by atoms with Crippen LogP contribution < -0.4 is 0 Å². The summed E-state index contributed by atoms with van der Waals surface area (Å²) in [5.74, 6) is 0. The molecule has 0 nitrogen and oxygen atoms in total. The van der Waals surface area contributed by atoms with E-state index < -0.39 is 0 Å². The minimum absolute atomic E-state index is 1.17. The van der Waals surface area contributed by atoms with Gasteiger partial charge < -0.3 is 0 Å². The minimum Gasteiger partial charge on any atom is -0.0988 e. The topological polar surface area (TPSA) is 0 Å². The van der Waals surface area contributed by atoms with Crippen molar-refractivity contribution in [3.63, 3.8) is 0 Å². The fourth-order valence-electron chi connectivity index (χ4n) is 1.46. The third kappa shape index (κ3) is 6.23. The highest BCUT2D eigenvalue weighted by atomic mass is 13.9. The van der Waals surface area contributed by atoms with Crippen molar-refractivity contribution in [2.45, 2.75) is 6.92 Å². The third-order valence-electron chi connectivity index (χ3n) is 2.55. The fourth-order valence-corrected chi connectivity index (χ4v) is 1.46. The number of hydrogen-bond acceptors (Lipinski definition) is 0. The van der Waals surface area contributed by atoms with Gasteiger partial charge in [0.05, 0.1) is 0 Å². The largest absolute Gasteiger partial charge is 0.0988 e. The van der Waals surface area contributed by atoms with Crippen LogP contribution in [0.5, 0.6) is 0 Å². The van der Waals surface area contributed by atoms with Crippen LogP contribution in [-0.2, 0) is 0 Å². The zero-order chi connectivity index (χ0) is 13.9. The summed E-state index contributed by atoms with van der Waals surface area (Å²) < 4.78 is 0. The molecule has 0 fully saturated rings. The molecular weight excluding hydrogens is 228 g/mol. The molecule has 0 amide bonds. The van der Waals surface area contributed by atoms with Gasteiger partial charge in [-0.15, -0.1) is 0 Å². The lowest BCUT2D eigenvalue weighted by molar-refractivity contribution is 1.55. The van der Waals surface area contributed by atoms with Crippen LogP contribution in [0.2, 0.25) is 0 Å². The Balaban J connectivity index is 0.000000200. The van der Waals surface area contributed by atoms with Crippen molar-refractivity contribution in [1.82, 2.24) is 0 Å². The summed E-state index contributed by atoms with van der Waals surface area (Å²) in [6.07, 6.45) is 5.79. The van der Waals surface area contributed by atoms with Gasteiger partial charge >= 0.3 is 0 Å². The Bertz CT molecular complexity index is 518. The van der Waals surface area contributed by atoms with E-state index >= 15 is 0 Å². The molecule has 0 radical (unpaired) electrons. The van der Waals surface area contributed by atoms with Crippen LogP contribution in [0.15, 0.2) is 85.5 Å². The number of benzene rings is 2. The smallest absolute Gasteiger partial charge is 0.0254 e. The second-order valence-electron chi connectivity index (χ2n) is 4.12. The highest BCUT2D eigenvalue weighted by molar-refractivity contribution is 5.54. The maximum absolute atomic E-state index is 3.69. The third-order valence-corrected chi connectivity index (χ3v) is 2.55. The zero-order valence-corrected chi connectivity index (χ0v) is 11.4. The van der Waals surface area contributed by atoms with Gasteiger partial charge in [-0.1, -0.05) is 97.6 Å². The van der Waals surface area contributed by atoms with Gasteiger partial charge in [-0.25, -0.2) is 0 Å². The SMILES string of the molecule is C=CC(C)=Cc1ccccc1.C=Cc1ccccc1. The molecule has 2 rings (SSSR count). The second kappa shape index (κ2) is 8.71. The summed E-state index contributed by atoms with van der Waals surface area (Å²) in [6, 6.07) is 20.3. The standard InChI is InChI=1S/C11H12.C8H8/c1-3-10(2)9-11-7-5-4-6-8-11;1-2-8-6-4-3-5-7-8/h3-9H,1H2,2H3;2-7H,1H2. The van der Waals surface area contributed by atoms with Crippen LogP contribution in [0.3, 0.4) is 0 Å². The molecule has 0 aromatic heterocycles. The number of hydrogen-bond donors (Lipinski definition) is 0. The van der Waals surface area contributed by atoms with E-state index in [-0.39, 0.29) is 0 Å². The number of allylic oxidation sites excluding steroid dienone is 2. The first-order valence-corrected chi connectivity index (χ1v) is 6.29. The van der Waals surface area contributed by atoms with Crippen molar-refractivity contribution in [2.24, 2.45) is 0 Å². The van der Waals surface area contributed by atoms with Gasteiger partial charge in [-0.2, -0.15) is 0 Å². The molecule has 19 heavy (non-hydrogen) atoms. The van der Waals surface area contributed by atoms with Crippen molar-refractivity contribution >= 4 is 12.2 Å².